The Bertz CT molecular complexity index is 111. The molecule has 2 atom stereocenters. The zero-order valence-electron chi connectivity index (χ0n) is 8.14. The minimum Gasteiger partial charge on any atom is -0.300 e. The van der Waals surface area contributed by atoms with Crippen LogP contribution < -0.4 is 0 Å². The quantitative estimate of drug-likeness (QED) is 0.605. The maximum absolute atomic E-state index is 2.63. The molecule has 0 spiro atoms. The molecule has 1 heteroatoms. The Morgan fingerprint density at radius 3 is 2.73 bits per heavy atom. The Morgan fingerprint density at radius 1 is 1.55 bits per heavy atom. The number of hydrogen-bond donors (Lipinski definition) is 0. The average Bonchev–Trinajstić information content (AvgIpc) is 2.37. The zero-order chi connectivity index (χ0) is 8.27. The molecule has 1 heterocycles. The SMILES string of the molecule is CCC(C)CN1CCC[C@@H]1C. The predicted molar refractivity (Wildman–Crippen MR) is 49.7 cm³/mol. The van der Waals surface area contributed by atoms with Crippen LogP contribution in [0.5, 0.6) is 0 Å². The third kappa shape index (κ3) is 2.48. The molecule has 0 aromatic heterocycles. The fraction of sp³-hybridized carbons (Fsp3) is 1.00. The van der Waals surface area contributed by atoms with Crippen molar-refractivity contribution < 1.29 is 0 Å². The van der Waals surface area contributed by atoms with Gasteiger partial charge >= 0.3 is 0 Å². The van der Waals surface area contributed by atoms with Crippen molar-refractivity contribution in [2.75, 3.05) is 13.1 Å². The van der Waals surface area contributed by atoms with Gasteiger partial charge in [-0.2, -0.15) is 0 Å². The van der Waals surface area contributed by atoms with Gasteiger partial charge in [0.05, 0.1) is 0 Å². The van der Waals surface area contributed by atoms with Crippen LogP contribution in [0.3, 0.4) is 0 Å². The molecule has 0 aromatic rings. The van der Waals surface area contributed by atoms with Gasteiger partial charge in [-0.05, 0) is 32.2 Å². The summed E-state index contributed by atoms with van der Waals surface area (Å²) in [5, 5.41) is 0. The summed E-state index contributed by atoms with van der Waals surface area (Å²) in [6.07, 6.45) is 4.15. The molecule has 1 aliphatic heterocycles. The van der Waals surface area contributed by atoms with Gasteiger partial charge in [-0.25, -0.2) is 0 Å². The van der Waals surface area contributed by atoms with Crippen LogP contribution in [0.4, 0.5) is 0 Å². The molecular weight excluding hydrogens is 134 g/mol. The van der Waals surface area contributed by atoms with E-state index in [-0.39, 0.29) is 0 Å². The van der Waals surface area contributed by atoms with E-state index < -0.39 is 0 Å². The third-order valence-electron chi connectivity index (χ3n) is 2.93. The highest BCUT2D eigenvalue weighted by atomic mass is 15.2. The largest absolute Gasteiger partial charge is 0.300 e. The summed E-state index contributed by atoms with van der Waals surface area (Å²) in [5.74, 6) is 0.885. The second-order valence-corrected chi connectivity index (χ2v) is 4.00. The number of rotatable bonds is 3. The van der Waals surface area contributed by atoms with Crippen LogP contribution >= 0.6 is 0 Å². The minimum absolute atomic E-state index is 0.851. The second kappa shape index (κ2) is 4.10. The first kappa shape index (κ1) is 9.05. The standard InChI is InChI=1S/C10H21N/c1-4-9(2)8-11-7-5-6-10(11)3/h9-10H,4-8H2,1-3H3/t9?,10-/m0/s1. The summed E-state index contributed by atoms with van der Waals surface area (Å²) >= 11 is 0. The lowest BCUT2D eigenvalue weighted by molar-refractivity contribution is 0.230. The molecule has 0 amide bonds. The van der Waals surface area contributed by atoms with Crippen molar-refractivity contribution in [3.8, 4) is 0 Å². The van der Waals surface area contributed by atoms with Crippen molar-refractivity contribution in [2.45, 2.75) is 46.1 Å². The second-order valence-electron chi connectivity index (χ2n) is 4.00. The molecule has 0 saturated carbocycles. The zero-order valence-corrected chi connectivity index (χ0v) is 8.14. The maximum atomic E-state index is 2.63. The summed E-state index contributed by atoms with van der Waals surface area (Å²) in [6, 6.07) is 0.851. The van der Waals surface area contributed by atoms with Gasteiger partial charge in [0.1, 0.15) is 0 Å². The lowest BCUT2D eigenvalue weighted by Gasteiger charge is -2.23. The van der Waals surface area contributed by atoms with E-state index in [1.807, 2.05) is 0 Å². The van der Waals surface area contributed by atoms with Crippen LogP contribution in [-0.4, -0.2) is 24.0 Å². The van der Waals surface area contributed by atoms with Crippen LogP contribution in [0.15, 0.2) is 0 Å². The van der Waals surface area contributed by atoms with Crippen molar-refractivity contribution in [1.29, 1.82) is 0 Å². The molecule has 66 valence electrons. The van der Waals surface area contributed by atoms with Crippen LogP contribution in [0, 0.1) is 5.92 Å². The molecule has 0 N–H and O–H groups in total. The first-order valence-electron chi connectivity index (χ1n) is 4.98. The monoisotopic (exact) mass is 155 g/mol. The normalized spacial score (nSPS) is 29.2. The van der Waals surface area contributed by atoms with Crippen molar-refractivity contribution in [3.63, 3.8) is 0 Å². The molecule has 0 radical (unpaired) electrons. The average molecular weight is 155 g/mol. The van der Waals surface area contributed by atoms with Gasteiger partial charge in [0, 0.05) is 12.6 Å². The van der Waals surface area contributed by atoms with Gasteiger partial charge in [-0.1, -0.05) is 20.3 Å². The van der Waals surface area contributed by atoms with E-state index >= 15 is 0 Å². The molecule has 1 rings (SSSR count). The van der Waals surface area contributed by atoms with Crippen LogP contribution in [0.2, 0.25) is 0 Å². The Morgan fingerprint density at radius 2 is 2.27 bits per heavy atom. The van der Waals surface area contributed by atoms with E-state index in [4.69, 9.17) is 0 Å². The van der Waals surface area contributed by atoms with E-state index in [0.717, 1.165) is 12.0 Å². The number of nitrogens with zero attached hydrogens (tertiary/aromatic N) is 1. The van der Waals surface area contributed by atoms with E-state index in [0.29, 0.717) is 0 Å². The number of likely N-dealkylation sites (tertiary alicyclic amines) is 1. The smallest absolute Gasteiger partial charge is 0.00675 e. The number of hydrogen-bond acceptors (Lipinski definition) is 1. The Kier molecular flexibility index (Phi) is 3.38. The Hall–Kier alpha value is -0.0400. The molecule has 0 aromatic carbocycles. The highest BCUT2D eigenvalue weighted by Crippen LogP contribution is 2.18. The van der Waals surface area contributed by atoms with Crippen LogP contribution in [-0.2, 0) is 0 Å². The third-order valence-corrected chi connectivity index (χ3v) is 2.93. The van der Waals surface area contributed by atoms with Crippen molar-refractivity contribution in [2.24, 2.45) is 5.92 Å². The topological polar surface area (TPSA) is 3.24 Å². The highest BCUT2D eigenvalue weighted by Gasteiger charge is 2.20. The summed E-state index contributed by atoms with van der Waals surface area (Å²) < 4.78 is 0. The Labute approximate surface area is 70.8 Å². The lowest BCUT2D eigenvalue weighted by Crippen LogP contribution is -2.31. The predicted octanol–water partition coefficient (Wildman–Crippen LogP) is 2.52. The summed E-state index contributed by atoms with van der Waals surface area (Å²) in [5.41, 5.74) is 0. The van der Waals surface area contributed by atoms with Crippen molar-refractivity contribution in [1.82, 2.24) is 4.90 Å². The molecule has 1 fully saturated rings. The molecular formula is C10H21N. The summed E-state index contributed by atoms with van der Waals surface area (Å²) in [4.78, 5) is 2.63. The summed E-state index contributed by atoms with van der Waals surface area (Å²) in [6.45, 7) is 9.65. The first-order chi connectivity index (χ1) is 5.24. The van der Waals surface area contributed by atoms with Crippen molar-refractivity contribution in [3.05, 3.63) is 0 Å². The van der Waals surface area contributed by atoms with Gasteiger partial charge < -0.3 is 4.90 Å². The summed E-state index contributed by atoms with van der Waals surface area (Å²) in [7, 11) is 0. The van der Waals surface area contributed by atoms with Crippen molar-refractivity contribution >= 4 is 0 Å². The fourth-order valence-corrected chi connectivity index (χ4v) is 1.79. The van der Waals surface area contributed by atoms with E-state index in [1.54, 1.807) is 0 Å². The molecule has 1 unspecified atom stereocenters. The lowest BCUT2D eigenvalue weighted by atomic mass is 10.1. The van der Waals surface area contributed by atoms with Gasteiger partial charge in [0.25, 0.3) is 0 Å². The molecule has 1 saturated heterocycles. The molecule has 1 aliphatic rings. The molecule has 11 heavy (non-hydrogen) atoms. The molecule has 0 aliphatic carbocycles. The van der Waals surface area contributed by atoms with Gasteiger partial charge in [-0.3, -0.25) is 0 Å². The van der Waals surface area contributed by atoms with Gasteiger partial charge in [0.15, 0.2) is 0 Å². The fourth-order valence-electron chi connectivity index (χ4n) is 1.79. The molecule has 1 nitrogen and oxygen atoms in total. The van der Waals surface area contributed by atoms with Crippen LogP contribution in [0.25, 0.3) is 0 Å². The van der Waals surface area contributed by atoms with Gasteiger partial charge in [-0.15, -0.1) is 0 Å². The Balaban J connectivity index is 2.24. The minimum atomic E-state index is 0.851. The van der Waals surface area contributed by atoms with Gasteiger partial charge in [0.2, 0.25) is 0 Å². The van der Waals surface area contributed by atoms with E-state index in [2.05, 4.69) is 25.7 Å². The first-order valence-corrected chi connectivity index (χ1v) is 4.98. The molecule has 0 bridgehead atoms. The highest BCUT2D eigenvalue weighted by molar-refractivity contribution is 4.76. The van der Waals surface area contributed by atoms with E-state index in [1.165, 1.54) is 32.4 Å². The van der Waals surface area contributed by atoms with E-state index in [9.17, 15) is 0 Å². The maximum Gasteiger partial charge on any atom is 0.00675 e. The van der Waals surface area contributed by atoms with Crippen LogP contribution in [0.1, 0.15) is 40.0 Å².